The van der Waals surface area contributed by atoms with Crippen LogP contribution in [0.15, 0.2) is 0 Å². The summed E-state index contributed by atoms with van der Waals surface area (Å²) in [6.07, 6.45) is 12.0. The zero-order valence-electron chi connectivity index (χ0n) is 13.6. The Balaban J connectivity index is 0. The van der Waals surface area contributed by atoms with Gasteiger partial charge in [0.2, 0.25) is 0 Å². The molecule has 0 aromatic heterocycles. The highest BCUT2D eigenvalue weighted by atomic mass is 32.2. The molecule has 0 aromatic carbocycles. The molecule has 0 aromatic rings. The molecule has 3 nitrogen and oxygen atoms in total. The molecule has 0 aliphatic rings. The van der Waals surface area contributed by atoms with Gasteiger partial charge in [-0.25, -0.2) is 8.42 Å². The van der Waals surface area contributed by atoms with Gasteiger partial charge < -0.3 is 4.55 Å². The number of unbranched alkanes of at least 4 members (excludes halogenated alkanes) is 7. The first kappa shape index (κ1) is 22.5. The van der Waals surface area contributed by atoms with Crippen molar-refractivity contribution in [1.82, 2.24) is 0 Å². The van der Waals surface area contributed by atoms with Gasteiger partial charge in [-0.1, -0.05) is 52.4 Å². The molecule has 0 saturated heterocycles. The van der Waals surface area contributed by atoms with Crippen molar-refractivity contribution in [3.63, 3.8) is 0 Å². The van der Waals surface area contributed by atoms with E-state index in [4.69, 9.17) is 0 Å². The molecular weight excluding hydrogens is 292 g/mol. The van der Waals surface area contributed by atoms with Crippen LogP contribution in [0.2, 0.25) is 0 Å². The van der Waals surface area contributed by atoms with Crippen molar-refractivity contribution < 1.29 is 13.0 Å². The summed E-state index contributed by atoms with van der Waals surface area (Å²) in [6, 6.07) is 0. The summed E-state index contributed by atoms with van der Waals surface area (Å²) in [7, 11) is -3.92. The fourth-order valence-electron chi connectivity index (χ4n) is 1.77. The maximum absolute atomic E-state index is 9.68. The second-order valence-corrected chi connectivity index (χ2v) is 8.05. The Morgan fingerprint density at radius 3 is 1.65 bits per heavy atom. The molecule has 0 unspecified atom stereocenters. The van der Waals surface area contributed by atoms with Crippen LogP contribution in [0.5, 0.6) is 0 Å². The highest BCUT2D eigenvalue weighted by Gasteiger charge is 1.94. The minimum absolute atomic E-state index is 0.243. The Morgan fingerprint density at radius 2 is 1.30 bits per heavy atom. The molecule has 0 bridgehead atoms. The number of thiol groups is 1. The molecule has 0 fully saturated rings. The summed E-state index contributed by atoms with van der Waals surface area (Å²) < 4.78 is 29.0. The van der Waals surface area contributed by atoms with E-state index in [2.05, 4.69) is 13.8 Å². The van der Waals surface area contributed by atoms with Crippen molar-refractivity contribution in [2.75, 3.05) is 17.3 Å². The van der Waals surface area contributed by atoms with Gasteiger partial charge in [-0.05, 0) is 37.9 Å². The SMILES string of the molecule is CCCCCCCCCC[SH+]CC.CCCS(=O)(=O)[O-]. The third-order valence-corrected chi connectivity index (χ3v) is 4.84. The minimum atomic E-state index is -3.92. The lowest BCUT2D eigenvalue weighted by Crippen LogP contribution is -2.01. The van der Waals surface area contributed by atoms with Crippen molar-refractivity contribution in [1.29, 1.82) is 0 Å². The third-order valence-electron chi connectivity index (χ3n) is 2.85. The van der Waals surface area contributed by atoms with Crippen LogP contribution in [0.3, 0.4) is 0 Å². The largest absolute Gasteiger partial charge is 0.748 e. The van der Waals surface area contributed by atoms with Gasteiger partial charge in [0.25, 0.3) is 0 Å². The molecule has 0 aliphatic carbocycles. The topological polar surface area (TPSA) is 57.2 Å². The Kier molecular flexibility index (Phi) is 19.5. The van der Waals surface area contributed by atoms with E-state index in [1.165, 1.54) is 62.9 Å². The van der Waals surface area contributed by atoms with Crippen LogP contribution in [0.4, 0.5) is 0 Å². The van der Waals surface area contributed by atoms with E-state index in [0.29, 0.717) is 6.42 Å². The average molecular weight is 327 g/mol. The number of hydrogen-bond donors (Lipinski definition) is 0. The van der Waals surface area contributed by atoms with E-state index in [-0.39, 0.29) is 5.75 Å². The van der Waals surface area contributed by atoms with Crippen LogP contribution in [0.1, 0.15) is 78.6 Å². The van der Waals surface area contributed by atoms with Gasteiger partial charge in [-0.3, -0.25) is 0 Å². The molecule has 0 aliphatic heterocycles. The summed E-state index contributed by atoms with van der Waals surface area (Å²) in [5, 5.41) is 0. The van der Waals surface area contributed by atoms with Gasteiger partial charge in [0.05, 0.1) is 10.1 Å². The molecule has 0 heterocycles. The molecule has 0 N–H and O–H groups in total. The van der Waals surface area contributed by atoms with Crippen molar-refractivity contribution in [3.8, 4) is 0 Å². The second-order valence-electron chi connectivity index (χ2n) is 5.00. The molecule has 0 radical (unpaired) electrons. The predicted molar refractivity (Wildman–Crippen MR) is 91.6 cm³/mol. The fraction of sp³-hybridized carbons (Fsp3) is 1.00. The Labute approximate surface area is 131 Å². The average Bonchev–Trinajstić information content (AvgIpc) is 2.36. The maximum atomic E-state index is 9.68. The zero-order chi connectivity index (χ0) is 15.7. The van der Waals surface area contributed by atoms with Crippen LogP contribution in [-0.2, 0) is 21.9 Å². The van der Waals surface area contributed by atoms with Gasteiger partial charge in [-0.15, -0.1) is 0 Å². The minimum Gasteiger partial charge on any atom is -0.748 e. The molecule has 124 valence electrons. The molecule has 0 spiro atoms. The lowest BCUT2D eigenvalue weighted by molar-refractivity contribution is 0.462. The quantitative estimate of drug-likeness (QED) is 0.236. The van der Waals surface area contributed by atoms with Crippen molar-refractivity contribution in [2.24, 2.45) is 0 Å². The number of hydrogen-bond acceptors (Lipinski definition) is 3. The Hall–Kier alpha value is 0.260. The first-order valence-electron chi connectivity index (χ1n) is 8.04. The molecule has 0 saturated carbocycles. The Bertz CT molecular complexity index is 254. The summed E-state index contributed by atoms with van der Waals surface area (Å²) in [4.78, 5) is 0. The predicted octanol–water partition coefficient (Wildman–Crippen LogP) is 3.90. The Morgan fingerprint density at radius 1 is 0.800 bits per heavy atom. The molecule has 0 atom stereocenters. The van der Waals surface area contributed by atoms with E-state index in [9.17, 15) is 13.0 Å². The third kappa shape index (κ3) is 26.8. The monoisotopic (exact) mass is 326 g/mol. The van der Waals surface area contributed by atoms with Crippen LogP contribution in [0.25, 0.3) is 0 Å². The molecule has 20 heavy (non-hydrogen) atoms. The van der Waals surface area contributed by atoms with Gasteiger partial charge in [0.1, 0.15) is 11.5 Å². The summed E-state index contributed by atoms with van der Waals surface area (Å²) in [6.45, 7) is 6.20. The van der Waals surface area contributed by atoms with Crippen molar-refractivity contribution in [2.45, 2.75) is 78.6 Å². The van der Waals surface area contributed by atoms with Crippen LogP contribution >= 0.6 is 0 Å². The second kappa shape index (κ2) is 17.3. The summed E-state index contributed by atoms with van der Waals surface area (Å²) in [5.74, 6) is 2.54. The van der Waals surface area contributed by atoms with Crippen LogP contribution in [0, 0.1) is 0 Å². The van der Waals surface area contributed by atoms with E-state index in [0.717, 1.165) is 0 Å². The number of rotatable bonds is 12. The van der Waals surface area contributed by atoms with Gasteiger partial charge >= 0.3 is 0 Å². The smallest absolute Gasteiger partial charge is 0.105 e. The molecule has 0 amide bonds. The van der Waals surface area contributed by atoms with Crippen molar-refractivity contribution >= 4 is 21.9 Å². The van der Waals surface area contributed by atoms with Crippen molar-refractivity contribution in [3.05, 3.63) is 0 Å². The normalized spacial score (nSPS) is 11.0. The van der Waals surface area contributed by atoms with Gasteiger partial charge in [-0.2, -0.15) is 0 Å². The summed E-state index contributed by atoms with van der Waals surface area (Å²) >= 11 is 1.65. The van der Waals surface area contributed by atoms with E-state index >= 15 is 0 Å². The van der Waals surface area contributed by atoms with E-state index in [1.54, 1.807) is 18.7 Å². The lowest BCUT2D eigenvalue weighted by Gasteiger charge is -2.00. The fourth-order valence-corrected chi connectivity index (χ4v) is 3.03. The zero-order valence-corrected chi connectivity index (χ0v) is 15.3. The highest BCUT2D eigenvalue weighted by molar-refractivity contribution is 7.85. The van der Waals surface area contributed by atoms with Crippen LogP contribution < -0.4 is 0 Å². The first-order chi connectivity index (χ1) is 9.47. The molecule has 5 heteroatoms. The first-order valence-corrected chi connectivity index (χ1v) is 10.9. The van der Waals surface area contributed by atoms with Gasteiger partial charge in [0.15, 0.2) is 0 Å². The molecular formula is C15H34O3S2. The lowest BCUT2D eigenvalue weighted by atomic mass is 10.1. The maximum Gasteiger partial charge on any atom is 0.105 e. The summed E-state index contributed by atoms with van der Waals surface area (Å²) in [5.41, 5.74) is 0. The van der Waals surface area contributed by atoms with Crippen LogP contribution in [-0.4, -0.2) is 30.2 Å². The standard InChI is InChI=1S/C12H26S.C3H8O3S/c1-3-5-6-7-8-9-10-11-12-13-4-2;1-2-3-7(4,5)6/h3-12H2,1-2H3;2-3H2,1H3,(H,4,5,6). The molecule has 0 rings (SSSR count). The highest BCUT2D eigenvalue weighted by Crippen LogP contribution is 2.08. The van der Waals surface area contributed by atoms with E-state index < -0.39 is 10.1 Å². The van der Waals surface area contributed by atoms with Gasteiger partial charge in [0, 0.05) is 5.75 Å². The van der Waals surface area contributed by atoms with E-state index in [1.807, 2.05) is 0 Å².